The maximum Gasteiger partial charge on any atom is 0.241 e. The van der Waals surface area contributed by atoms with Gasteiger partial charge in [-0.05, 0) is 12.1 Å². The normalized spacial score (nSPS) is 11.7. The van der Waals surface area contributed by atoms with Crippen molar-refractivity contribution in [1.29, 1.82) is 0 Å². The van der Waals surface area contributed by atoms with Crippen LogP contribution in [-0.2, 0) is 23.0 Å². The van der Waals surface area contributed by atoms with Gasteiger partial charge in [0, 0.05) is 37.0 Å². The molecule has 1 aromatic carbocycles. The number of imidazole rings is 1. The van der Waals surface area contributed by atoms with Crippen LogP contribution in [0.15, 0.2) is 35.6 Å². The molecule has 0 amide bonds. The third-order valence-corrected chi connectivity index (χ3v) is 4.36. The number of H-pyrrole nitrogens is 1. The number of aromatic nitrogens is 2. The second kappa shape index (κ2) is 6.12. The van der Waals surface area contributed by atoms with Gasteiger partial charge in [0.05, 0.1) is 11.2 Å². The Morgan fingerprint density at radius 3 is 2.85 bits per heavy atom. The molecule has 0 fully saturated rings. The fourth-order valence-corrected chi connectivity index (χ4v) is 3.10. The van der Waals surface area contributed by atoms with Crippen molar-refractivity contribution in [3.05, 3.63) is 47.8 Å². The molecule has 0 saturated heterocycles. The smallest absolute Gasteiger partial charge is 0.241 e. The van der Waals surface area contributed by atoms with Crippen LogP contribution in [0, 0.1) is 5.82 Å². The Morgan fingerprint density at radius 2 is 2.20 bits per heavy atom. The van der Waals surface area contributed by atoms with Gasteiger partial charge in [-0.25, -0.2) is 22.5 Å². The minimum atomic E-state index is -3.78. The van der Waals surface area contributed by atoms with E-state index in [0.29, 0.717) is 6.42 Å². The van der Waals surface area contributed by atoms with Crippen LogP contribution in [0.3, 0.4) is 0 Å². The highest BCUT2D eigenvalue weighted by molar-refractivity contribution is 7.89. The van der Waals surface area contributed by atoms with Crippen molar-refractivity contribution in [3.8, 4) is 0 Å². The van der Waals surface area contributed by atoms with E-state index < -0.39 is 15.8 Å². The van der Waals surface area contributed by atoms with Crippen LogP contribution < -0.4 is 10.5 Å². The van der Waals surface area contributed by atoms with Crippen LogP contribution in [0.1, 0.15) is 11.3 Å². The zero-order chi connectivity index (χ0) is 14.6. The summed E-state index contributed by atoms with van der Waals surface area (Å²) in [5.74, 6) is -0.621. The molecule has 8 heteroatoms. The third kappa shape index (κ3) is 3.21. The SMILES string of the molecule is NCc1c(F)cccc1S(=O)(=O)NCCc1cnc[nH]1. The average molecular weight is 298 g/mol. The van der Waals surface area contributed by atoms with Crippen molar-refractivity contribution in [1.82, 2.24) is 14.7 Å². The number of nitrogens with two attached hydrogens (primary N) is 1. The fourth-order valence-electron chi connectivity index (χ4n) is 1.81. The summed E-state index contributed by atoms with van der Waals surface area (Å²) in [7, 11) is -3.78. The minimum absolute atomic E-state index is 0.0125. The molecule has 0 radical (unpaired) electrons. The molecule has 108 valence electrons. The Labute approximate surface area is 116 Å². The fraction of sp³-hybridized carbons (Fsp3) is 0.250. The number of nitrogens with one attached hydrogen (secondary N) is 2. The van der Waals surface area contributed by atoms with Crippen molar-refractivity contribution in [2.75, 3.05) is 6.54 Å². The summed E-state index contributed by atoms with van der Waals surface area (Å²) in [5, 5.41) is 0. The van der Waals surface area contributed by atoms with Crippen LogP contribution in [0.2, 0.25) is 0 Å². The van der Waals surface area contributed by atoms with E-state index in [4.69, 9.17) is 5.73 Å². The summed E-state index contributed by atoms with van der Waals surface area (Å²) < 4.78 is 40.2. The van der Waals surface area contributed by atoms with Gasteiger partial charge in [0.1, 0.15) is 5.82 Å². The first-order valence-electron chi connectivity index (χ1n) is 5.99. The van der Waals surface area contributed by atoms with Crippen LogP contribution in [0.4, 0.5) is 4.39 Å². The number of hydrogen-bond donors (Lipinski definition) is 3. The maximum atomic E-state index is 13.5. The summed E-state index contributed by atoms with van der Waals surface area (Å²) in [5.41, 5.74) is 6.21. The average Bonchev–Trinajstić information content (AvgIpc) is 2.91. The summed E-state index contributed by atoms with van der Waals surface area (Å²) in [6.07, 6.45) is 3.59. The standard InChI is InChI=1S/C12H15FN4O2S/c13-11-2-1-3-12(10(11)6-14)20(18,19)17-5-4-9-7-15-8-16-9/h1-3,7-8,17H,4-6,14H2,(H,15,16). The molecule has 0 aliphatic rings. The highest BCUT2D eigenvalue weighted by Crippen LogP contribution is 2.18. The quantitative estimate of drug-likeness (QED) is 0.724. The molecule has 1 heterocycles. The number of nitrogens with zero attached hydrogens (tertiary/aromatic N) is 1. The third-order valence-electron chi connectivity index (χ3n) is 2.81. The zero-order valence-corrected chi connectivity index (χ0v) is 11.5. The van der Waals surface area contributed by atoms with Crippen molar-refractivity contribution in [2.24, 2.45) is 5.73 Å². The summed E-state index contributed by atoms with van der Waals surface area (Å²) in [6.45, 7) is 0.00845. The van der Waals surface area contributed by atoms with Gasteiger partial charge in [0.25, 0.3) is 0 Å². The van der Waals surface area contributed by atoms with Crippen LogP contribution in [-0.4, -0.2) is 24.9 Å². The van der Waals surface area contributed by atoms with Gasteiger partial charge in [-0.15, -0.1) is 0 Å². The van der Waals surface area contributed by atoms with Crippen LogP contribution in [0.25, 0.3) is 0 Å². The Hall–Kier alpha value is -1.77. The molecule has 0 spiro atoms. The van der Waals surface area contributed by atoms with Crippen molar-refractivity contribution < 1.29 is 12.8 Å². The lowest BCUT2D eigenvalue weighted by Crippen LogP contribution is -2.27. The molecular weight excluding hydrogens is 283 g/mol. The molecule has 6 nitrogen and oxygen atoms in total. The first-order chi connectivity index (χ1) is 9.54. The highest BCUT2D eigenvalue weighted by atomic mass is 32.2. The van der Waals surface area contributed by atoms with Gasteiger partial charge in [0.15, 0.2) is 0 Å². The van der Waals surface area contributed by atoms with Crippen molar-refractivity contribution >= 4 is 10.0 Å². The molecule has 0 unspecified atom stereocenters. The Balaban J connectivity index is 2.12. The van der Waals surface area contributed by atoms with E-state index in [1.807, 2.05) is 0 Å². The van der Waals surface area contributed by atoms with E-state index in [9.17, 15) is 12.8 Å². The van der Waals surface area contributed by atoms with Gasteiger partial charge < -0.3 is 10.7 Å². The maximum absolute atomic E-state index is 13.5. The summed E-state index contributed by atoms with van der Waals surface area (Å²) in [6, 6.07) is 3.87. The first kappa shape index (κ1) is 14.6. The monoisotopic (exact) mass is 298 g/mol. The number of rotatable bonds is 6. The van der Waals surface area contributed by atoms with Gasteiger partial charge >= 0.3 is 0 Å². The van der Waals surface area contributed by atoms with E-state index in [1.54, 1.807) is 6.20 Å². The predicted molar refractivity (Wildman–Crippen MR) is 71.8 cm³/mol. The van der Waals surface area contributed by atoms with Gasteiger partial charge in [0.2, 0.25) is 10.0 Å². The Kier molecular flexibility index (Phi) is 4.48. The molecule has 2 rings (SSSR count). The lowest BCUT2D eigenvalue weighted by atomic mass is 10.2. The highest BCUT2D eigenvalue weighted by Gasteiger charge is 2.19. The first-order valence-corrected chi connectivity index (χ1v) is 7.47. The van der Waals surface area contributed by atoms with Gasteiger partial charge in [-0.1, -0.05) is 6.07 Å². The molecule has 0 saturated carbocycles. The minimum Gasteiger partial charge on any atom is -0.348 e. The van der Waals surface area contributed by atoms with E-state index in [0.717, 1.165) is 5.69 Å². The molecular formula is C12H15FN4O2S. The van der Waals surface area contributed by atoms with E-state index in [2.05, 4.69) is 14.7 Å². The molecule has 4 N–H and O–H groups in total. The van der Waals surface area contributed by atoms with E-state index in [1.165, 1.54) is 24.5 Å². The van der Waals surface area contributed by atoms with Crippen molar-refractivity contribution in [3.63, 3.8) is 0 Å². The summed E-state index contributed by atoms with van der Waals surface area (Å²) >= 11 is 0. The number of aromatic amines is 1. The van der Waals surface area contributed by atoms with Crippen LogP contribution in [0.5, 0.6) is 0 Å². The van der Waals surface area contributed by atoms with E-state index >= 15 is 0 Å². The van der Waals surface area contributed by atoms with Crippen molar-refractivity contribution in [2.45, 2.75) is 17.9 Å². The van der Waals surface area contributed by atoms with E-state index in [-0.39, 0.29) is 23.5 Å². The molecule has 0 atom stereocenters. The number of benzene rings is 1. The second-order valence-corrected chi connectivity index (χ2v) is 5.88. The zero-order valence-electron chi connectivity index (χ0n) is 10.6. The largest absolute Gasteiger partial charge is 0.348 e. The molecule has 2 aromatic rings. The number of halogens is 1. The topological polar surface area (TPSA) is 101 Å². The Morgan fingerprint density at radius 1 is 1.40 bits per heavy atom. The lowest BCUT2D eigenvalue weighted by molar-refractivity contribution is 0.571. The Bertz CT molecular complexity index is 671. The van der Waals surface area contributed by atoms with Crippen LogP contribution >= 0.6 is 0 Å². The molecule has 20 heavy (non-hydrogen) atoms. The summed E-state index contributed by atoms with van der Waals surface area (Å²) in [4.78, 5) is 6.58. The van der Waals surface area contributed by atoms with Gasteiger partial charge in [-0.3, -0.25) is 0 Å². The lowest BCUT2D eigenvalue weighted by Gasteiger charge is -2.10. The number of sulfonamides is 1. The van der Waals surface area contributed by atoms with Gasteiger partial charge in [-0.2, -0.15) is 0 Å². The second-order valence-electron chi connectivity index (χ2n) is 4.15. The molecule has 0 aliphatic heterocycles. The predicted octanol–water partition coefficient (Wildman–Crippen LogP) is 0.528. The number of hydrogen-bond acceptors (Lipinski definition) is 4. The molecule has 0 aliphatic carbocycles. The molecule has 1 aromatic heterocycles. The molecule has 0 bridgehead atoms.